The third kappa shape index (κ3) is 3.47. The van der Waals surface area contributed by atoms with Gasteiger partial charge in [0, 0.05) is 19.6 Å². The van der Waals surface area contributed by atoms with Crippen LogP contribution in [0, 0.1) is 11.8 Å². The first-order valence-electron chi connectivity index (χ1n) is 5.73. The van der Waals surface area contributed by atoms with Crippen LogP contribution in [0.25, 0.3) is 0 Å². The number of nitrogens with zero attached hydrogens (tertiary/aromatic N) is 1. The molecule has 1 fully saturated rings. The fourth-order valence-electron chi connectivity index (χ4n) is 2.13. The van der Waals surface area contributed by atoms with Crippen molar-refractivity contribution in [3.63, 3.8) is 0 Å². The molecule has 1 aliphatic rings. The van der Waals surface area contributed by atoms with E-state index in [-0.39, 0.29) is 0 Å². The molecular formula is C11H22N2O2. The van der Waals surface area contributed by atoms with Crippen LogP contribution >= 0.6 is 0 Å². The first kappa shape index (κ1) is 12.5. The summed E-state index contributed by atoms with van der Waals surface area (Å²) in [5, 5.41) is 12.0. The van der Waals surface area contributed by atoms with Crippen LogP contribution < -0.4 is 5.32 Å². The lowest BCUT2D eigenvalue weighted by atomic mass is 10.0. The topological polar surface area (TPSA) is 52.6 Å². The summed E-state index contributed by atoms with van der Waals surface area (Å²) >= 11 is 0. The Bertz CT molecular complexity index is 211. The molecule has 0 aromatic heterocycles. The molecule has 3 unspecified atom stereocenters. The summed E-state index contributed by atoms with van der Waals surface area (Å²) in [5.41, 5.74) is 0. The minimum Gasteiger partial charge on any atom is -0.480 e. The van der Waals surface area contributed by atoms with Crippen molar-refractivity contribution in [2.75, 3.05) is 26.2 Å². The molecule has 0 spiro atoms. The molecule has 0 aromatic rings. The van der Waals surface area contributed by atoms with Gasteiger partial charge in [-0.3, -0.25) is 4.79 Å². The average molecular weight is 214 g/mol. The van der Waals surface area contributed by atoms with Gasteiger partial charge in [0.15, 0.2) is 0 Å². The summed E-state index contributed by atoms with van der Waals surface area (Å²) in [5.74, 6) is 0.617. The largest absolute Gasteiger partial charge is 0.480 e. The summed E-state index contributed by atoms with van der Waals surface area (Å²) < 4.78 is 0. The predicted molar refractivity (Wildman–Crippen MR) is 59.9 cm³/mol. The van der Waals surface area contributed by atoms with Crippen LogP contribution in [-0.2, 0) is 4.79 Å². The molecule has 0 bridgehead atoms. The highest BCUT2D eigenvalue weighted by Crippen LogP contribution is 2.21. The maximum Gasteiger partial charge on any atom is 0.322 e. The third-order valence-electron chi connectivity index (χ3n) is 3.25. The van der Waals surface area contributed by atoms with Crippen LogP contribution in [0.3, 0.4) is 0 Å². The second-order valence-corrected chi connectivity index (χ2v) is 4.62. The average Bonchev–Trinajstić information content (AvgIpc) is 2.45. The number of aliphatic carboxylic acids is 1. The normalized spacial score (nSPS) is 29.3. The standard InChI is InChI=1S/C11H22N2O2/c1-4-12-10(11(14)15)7-13-5-8(2)9(3)6-13/h8-10,12H,4-7H2,1-3H3,(H,14,15). The fraction of sp³-hybridized carbons (Fsp3) is 0.909. The Labute approximate surface area is 91.6 Å². The number of hydrogen-bond acceptors (Lipinski definition) is 3. The van der Waals surface area contributed by atoms with Gasteiger partial charge in [0.25, 0.3) is 0 Å². The maximum atomic E-state index is 11.0. The van der Waals surface area contributed by atoms with Crippen molar-refractivity contribution in [2.45, 2.75) is 26.8 Å². The summed E-state index contributed by atoms with van der Waals surface area (Å²) in [7, 11) is 0. The molecule has 3 atom stereocenters. The van der Waals surface area contributed by atoms with Crippen molar-refractivity contribution < 1.29 is 9.90 Å². The first-order valence-corrected chi connectivity index (χ1v) is 5.73. The van der Waals surface area contributed by atoms with Crippen LogP contribution in [-0.4, -0.2) is 48.2 Å². The van der Waals surface area contributed by atoms with Crippen molar-refractivity contribution in [3.05, 3.63) is 0 Å². The number of carbonyl (C=O) groups is 1. The molecule has 0 saturated carbocycles. The van der Waals surface area contributed by atoms with Crippen molar-refractivity contribution in [1.82, 2.24) is 10.2 Å². The first-order chi connectivity index (χ1) is 7.04. The molecule has 4 heteroatoms. The predicted octanol–water partition coefficient (Wildman–Crippen LogP) is 0.637. The zero-order valence-electron chi connectivity index (χ0n) is 9.86. The summed E-state index contributed by atoms with van der Waals surface area (Å²) in [4.78, 5) is 13.2. The molecule has 0 aromatic carbocycles. The zero-order valence-corrected chi connectivity index (χ0v) is 9.86. The van der Waals surface area contributed by atoms with Crippen LogP contribution in [0.4, 0.5) is 0 Å². The van der Waals surface area contributed by atoms with E-state index in [0.29, 0.717) is 24.9 Å². The van der Waals surface area contributed by atoms with Gasteiger partial charge in [0.2, 0.25) is 0 Å². The quantitative estimate of drug-likeness (QED) is 0.705. The van der Waals surface area contributed by atoms with Crippen LogP contribution in [0.2, 0.25) is 0 Å². The Hall–Kier alpha value is -0.610. The highest BCUT2D eigenvalue weighted by Gasteiger charge is 2.29. The molecule has 1 aliphatic heterocycles. The van der Waals surface area contributed by atoms with E-state index in [9.17, 15) is 4.79 Å². The molecule has 0 amide bonds. The van der Waals surface area contributed by atoms with Gasteiger partial charge in [-0.1, -0.05) is 20.8 Å². The van der Waals surface area contributed by atoms with E-state index in [0.717, 1.165) is 13.1 Å². The van der Waals surface area contributed by atoms with Gasteiger partial charge in [0.1, 0.15) is 6.04 Å². The number of nitrogens with one attached hydrogen (secondary N) is 1. The molecule has 4 nitrogen and oxygen atoms in total. The van der Waals surface area contributed by atoms with E-state index in [2.05, 4.69) is 24.1 Å². The molecule has 88 valence electrons. The molecule has 1 rings (SSSR count). The smallest absolute Gasteiger partial charge is 0.322 e. The number of hydrogen-bond donors (Lipinski definition) is 2. The molecule has 1 heterocycles. The summed E-state index contributed by atoms with van der Waals surface area (Å²) in [6.45, 7) is 9.77. The van der Waals surface area contributed by atoms with Gasteiger partial charge < -0.3 is 15.3 Å². The fourth-order valence-corrected chi connectivity index (χ4v) is 2.13. The van der Waals surface area contributed by atoms with Gasteiger partial charge in [-0.05, 0) is 18.4 Å². The molecule has 15 heavy (non-hydrogen) atoms. The van der Waals surface area contributed by atoms with Gasteiger partial charge in [-0.15, -0.1) is 0 Å². The lowest BCUT2D eigenvalue weighted by molar-refractivity contribution is -0.139. The van der Waals surface area contributed by atoms with E-state index < -0.39 is 12.0 Å². The van der Waals surface area contributed by atoms with Crippen molar-refractivity contribution in [1.29, 1.82) is 0 Å². The van der Waals surface area contributed by atoms with Crippen molar-refractivity contribution >= 4 is 5.97 Å². The lowest BCUT2D eigenvalue weighted by Crippen LogP contribution is -2.45. The van der Waals surface area contributed by atoms with Crippen molar-refractivity contribution in [3.8, 4) is 0 Å². The van der Waals surface area contributed by atoms with E-state index in [4.69, 9.17) is 5.11 Å². The second-order valence-electron chi connectivity index (χ2n) is 4.62. The second kappa shape index (κ2) is 5.47. The minimum atomic E-state index is -0.746. The Kier molecular flexibility index (Phi) is 4.54. The number of likely N-dealkylation sites (N-methyl/N-ethyl adjacent to an activating group) is 1. The molecule has 2 N–H and O–H groups in total. The van der Waals surface area contributed by atoms with Crippen molar-refractivity contribution in [2.24, 2.45) is 11.8 Å². The Balaban J connectivity index is 2.42. The lowest BCUT2D eigenvalue weighted by Gasteiger charge is -2.21. The Morgan fingerprint density at radius 2 is 2.00 bits per heavy atom. The number of rotatable bonds is 5. The SMILES string of the molecule is CCNC(CN1CC(C)C(C)C1)C(=O)O. The van der Waals surface area contributed by atoms with Gasteiger partial charge >= 0.3 is 5.97 Å². The molecular weight excluding hydrogens is 192 g/mol. The Morgan fingerprint density at radius 3 is 2.40 bits per heavy atom. The number of carboxylic acids is 1. The number of likely N-dealkylation sites (tertiary alicyclic amines) is 1. The minimum absolute atomic E-state index is 0.424. The van der Waals surface area contributed by atoms with E-state index >= 15 is 0 Å². The summed E-state index contributed by atoms with van der Waals surface area (Å²) in [6.07, 6.45) is 0. The zero-order chi connectivity index (χ0) is 11.4. The van der Waals surface area contributed by atoms with Gasteiger partial charge in [-0.25, -0.2) is 0 Å². The van der Waals surface area contributed by atoms with E-state index in [1.54, 1.807) is 0 Å². The van der Waals surface area contributed by atoms with E-state index in [1.165, 1.54) is 0 Å². The van der Waals surface area contributed by atoms with E-state index in [1.807, 2.05) is 6.92 Å². The third-order valence-corrected chi connectivity index (χ3v) is 3.25. The molecule has 0 radical (unpaired) electrons. The highest BCUT2D eigenvalue weighted by atomic mass is 16.4. The van der Waals surface area contributed by atoms with Crippen LogP contribution in [0.15, 0.2) is 0 Å². The molecule has 0 aliphatic carbocycles. The molecule has 1 saturated heterocycles. The number of carboxylic acid groups (broad SMARTS) is 1. The maximum absolute atomic E-state index is 11.0. The van der Waals surface area contributed by atoms with Gasteiger partial charge in [0.05, 0.1) is 0 Å². The van der Waals surface area contributed by atoms with Gasteiger partial charge in [-0.2, -0.15) is 0 Å². The van der Waals surface area contributed by atoms with Crippen LogP contribution in [0.1, 0.15) is 20.8 Å². The Morgan fingerprint density at radius 1 is 1.47 bits per heavy atom. The monoisotopic (exact) mass is 214 g/mol. The highest BCUT2D eigenvalue weighted by molar-refractivity contribution is 5.73. The van der Waals surface area contributed by atoms with Crippen LogP contribution in [0.5, 0.6) is 0 Å². The summed E-state index contributed by atoms with van der Waals surface area (Å²) in [6, 6.07) is -0.424.